The van der Waals surface area contributed by atoms with E-state index in [9.17, 15) is 17.2 Å². The minimum absolute atomic E-state index is 0.0173. The summed E-state index contributed by atoms with van der Waals surface area (Å²) in [6.07, 6.45) is -2.78. The van der Waals surface area contributed by atoms with E-state index in [1.807, 2.05) is 6.92 Å². The summed E-state index contributed by atoms with van der Waals surface area (Å²) in [5, 5.41) is 9.77. The van der Waals surface area contributed by atoms with E-state index < -0.39 is 16.4 Å². The maximum absolute atomic E-state index is 13.7. The van der Waals surface area contributed by atoms with Crippen molar-refractivity contribution in [3.8, 4) is 23.1 Å². The lowest BCUT2D eigenvalue weighted by molar-refractivity contribution is 0.143. The van der Waals surface area contributed by atoms with Gasteiger partial charge in [-0.3, -0.25) is 0 Å². The van der Waals surface area contributed by atoms with Crippen LogP contribution >= 0.6 is 22.9 Å². The Hall–Kier alpha value is -2.84. The van der Waals surface area contributed by atoms with Gasteiger partial charge in [-0.25, -0.2) is 31.8 Å². The highest BCUT2D eigenvalue weighted by Crippen LogP contribution is 2.28. The molecule has 0 aliphatic rings. The molecule has 158 valence electrons. The molecule has 1 aromatic carbocycles. The van der Waals surface area contributed by atoms with Crippen LogP contribution in [0.1, 0.15) is 28.3 Å². The second-order valence-electron chi connectivity index (χ2n) is 6.54. The second kappa shape index (κ2) is 8.01. The molecule has 0 saturated heterocycles. The molecular weight excluding hydrogens is 466 g/mol. The number of aromatic nitrogens is 3. The minimum Gasteiger partial charge on any atom is -0.228 e. The quantitative estimate of drug-likeness (QED) is 0.442. The van der Waals surface area contributed by atoms with Gasteiger partial charge in [0.15, 0.2) is 5.65 Å². The Morgan fingerprint density at radius 3 is 2.58 bits per heavy atom. The standard InChI is InChI=1S/C20H13ClF2N4O2S2/c1-11-8-12(2-6-15(11)21)16-10-17(20(22)23)27-18(25-16)9-13(26-27)3-4-14-5-7-19(30-14)31(24,28)29/h2,5-10,20H,1H3,(H2,24,28,29). The number of thiophene rings is 1. The molecule has 11 heteroatoms. The van der Waals surface area contributed by atoms with Crippen molar-refractivity contribution >= 4 is 38.6 Å². The van der Waals surface area contributed by atoms with E-state index in [4.69, 9.17) is 16.7 Å². The molecule has 3 aromatic heterocycles. The van der Waals surface area contributed by atoms with Crippen LogP contribution in [0, 0.1) is 18.8 Å². The van der Waals surface area contributed by atoms with E-state index >= 15 is 0 Å². The van der Waals surface area contributed by atoms with E-state index in [-0.39, 0.29) is 21.2 Å². The number of benzene rings is 1. The number of fused-ring (bicyclic) bond motifs is 1. The highest BCUT2D eigenvalue weighted by atomic mass is 35.5. The number of primary sulfonamides is 1. The Kier molecular flexibility index (Phi) is 5.53. The van der Waals surface area contributed by atoms with Gasteiger partial charge in [-0.15, -0.1) is 11.3 Å². The van der Waals surface area contributed by atoms with Crippen molar-refractivity contribution in [1.29, 1.82) is 0 Å². The Bertz CT molecular complexity index is 1480. The van der Waals surface area contributed by atoms with Gasteiger partial charge in [0.2, 0.25) is 10.0 Å². The van der Waals surface area contributed by atoms with Crippen LogP contribution in [0.15, 0.2) is 46.7 Å². The SMILES string of the molecule is Cc1cc(-c2cc(C(F)F)n3nc(C#Cc4ccc(S(N)(=O)=O)s4)cc3n2)ccc1Cl. The van der Waals surface area contributed by atoms with Gasteiger partial charge in [0.25, 0.3) is 6.43 Å². The zero-order chi connectivity index (χ0) is 22.3. The van der Waals surface area contributed by atoms with Gasteiger partial charge >= 0.3 is 0 Å². The van der Waals surface area contributed by atoms with Crippen molar-refractivity contribution in [2.24, 2.45) is 5.14 Å². The van der Waals surface area contributed by atoms with Crippen molar-refractivity contribution < 1.29 is 17.2 Å². The molecule has 4 aromatic rings. The van der Waals surface area contributed by atoms with Crippen molar-refractivity contribution in [3.05, 3.63) is 69.3 Å². The average molecular weight is 479 g/mol. The summed E-state index contributed by atoms with van der Waals surface area (Å²) in [5.74, 6) is 5.51. The summed E-state index contributed by atoms with van der Waals surface area (Å²) in [7, 11) is -3.81. The predicted molar refractivity (Wildman–Crippen MR) is 115 cm³/mol. The zero-order valence-electron chi connectivity index (χ0n) is 15.8. The van der Waals surface area contributed by atoms with E-state index in [1.165, 1.54) is 24.3 Å². The molecular formula is C20H13ClF2N4O2S2. The smallest absolute Gasteiger partial charge is 0.228 e. The third-order valence-corrected chi connectivity index (χ3v) is 7.17. The van der Waals surface area contributed by atoms with Crippen LogP contribution in [-0.4, -0.2) is 23.0 Å². The molecule has 3 heterocycles. The molecule has 0 radical (unpaired) electrons. The molecule has 0 saturated carbocycles. The third-order valence-electron chi connectivity index (χ3n) is 4.31. The van der Waals surface area contributed by atoms with E-state index in [0.29, 0.717) is 21.2 Å². The van der Waals surface area contributed by atoms with Gasteiger partial charge in [-0.05, 0) is 54.7 Å². The maximum atomic E-state index is 13.7. The number of sulfonamides is 1. The lowest BCUT2D eigenvalue weighted by Crippen LogP contribution is -2.09. The van der Waals surface area contributed by atoms with Crippen LogP contribution in [0.3, 0.4) is 0 Å². The summed E-state index contributed by atoms with van der Waals surface area (Å²) in [6, 6.07) is 10.8. The fourth-order valence-corrected chi connectivity index (χ4v) is 4.53. The minimum atomic E-state index is -3.81. The van der Waals surface area contributed by atoms with Gasteiger partial charge in [-0.2, -0.15) is 5.10 Å². The monoisotopic (exact) mass is 478 g/mol. The number of alkyl halides is 2. The third kappa shape index (κ3) is 4.45. The fourth-order valence-electron chi connectivity index (χ4n) is 2.83. The Morgan fingerprint density at radius 2 is 1.94 bits per heavy atom. The summed E-state index contributed by atoms with van der Waals surface area (Å²) in [4.78, 5) is 4.88. The Balaban J connectivity index is 1.77. The first-order valence-electron chi connectivity index (χ1n) is 8.72. The average Bonchev–Trinajstić information content (AvgIpc) is 3.33. The number of hydrogen-bond donors (Lipinski definition) is 1. The van der Waals surface area contributed by atoms with Crippen LogP contribution in [-0.2, 0) is 10.0 Å². The van der Waals surface area contributed by atoms with Crippen LogP contribution in [0.2, 0.25) is 5.02 Å². The van der Waals surface area contributed by atoms with Gasteiger partial charge in [0, 0.05) is 16.7 Å². The molecule has 0 atom stereocenters. The number of nitrogens with zero attached hydrogens (tertiary/aromatic N) is 3. The molecule has 0 aliphatic carbocycles. The summed E-state index contributed by atoms with van der Waals surface area (Å²) < 4.78 is 51.2. The summed E-state index contributed by atoms with van der Waals surface area (Å²) in [5.41, 5.74) is 1.90. The van der Waals surface area contributed by atoms with Gasteiger partial charge in [0.1, 0.15) is 15.6 Å². The first kappa shape index (κ1) is 21.4. The molecule has 0 bridgehead atoms. The number of halogens is 3. The lowest BCUT2D eigenvalue weighted by atomic mass is 10.1. The number of rotatable bonds is 3. The largest absolute Gasteiger partial charge is 0.280 e. The van der Waals surface area contributed by atoms with Gasteiger partial charge < -0.3 is 0 Å². The highest BCUT2D eigenvalue weighted by Gasteiger charge is 2.17. The highest BCUT2D eigenvalue weighted by molar-refractivity contribution is 7.91. The van der Waals surface area contributed by atoms with Crippen LogP contribution in [0.4, 0.5) is 8.78 Å². The van der Waals surface area contributed by atoms with E-state index in [0.717, 1.165) is 21.4 Å². The molecule has 6 nitrogen and oxygen atoms in total. The Morgan fingerprint density at radius 1 is 1.16 bits per heavy atom. The van der Waals surface area contributed by atoms with E-state index in [2.05, 4.69) is 21.9 Å². The van der Waals surface area contributed by atoms with Crippen molar-refractivity contribution in [2.75, 3.05) is 0 Å². The maximum Gasteiger partial charge on any atom is 0.280 e. The lowest BCUT2D eigenvalue weighted by Gasteiger charge is -2.08. The number of nitrogens with two attached hydrogens (primary N) is 1. The van der Waals surface area contributed by atoms with Crippen molar-refractivity contribution in [3.63, 3.8) is 0 Å². The summed E-state index contributed by atoms with van der Waals surface area (Å²) >= 11 is 6.96. The fraction of sp³-hybridized carbons (Fsp3) is 0.100. The van der Waals surface area contributed by atoms with Crippen molar-refractivity contribution in [2.45, 2.75) is 17.6 Å². The molecule has 4 rings (SSSR count). The normalized spacial score (nSPS) is 11.7. The van der Waals surface area contributed by atoms with E-state index in [1.54, 1.807) is 18.2 Å². The van der Waals surface area contributed by atoms with Crippen LogP contribution in [0.25, 0.3) is 16.9 Å². The Labute approximate surface area is 185 Å². The molecule has 0 fully saturated rings. The molecule has 0 spiro atoms. The molecule has 0 aliphatic heterocycles. The summed E-state index contributed by atoms with van der Waals surface area (Å²) in [6.45, 7) is 1.82. The first-order valence-corrected chi connectivity index (χ1v) is 11.5. The molecule has 2 N–H and O–H groups in total. The van der Waals surface area contributed by atoms with Crippen molar-refractivity contribution in [1.82, 2.24) is 14.6 Å². The number of aryl methyl sites for hydroxylation is 1. The van der Waals surface area contributed by atoms with Crippen LogP contribution in [0.5, 0.6) is 0 Å². The number of hydrogen-bond acceptors (Lipinski definition) is 5. The van der Waals surface area contributed by atoms with Crippen LogP contribution < -0.4 is 5.14 Å². The topological polar surface area (TPSA) is 90.4 Å². The van der Waals surface area contributed by atoms with Gasteiger partial charge in [0.05, 0.1) is 10.6 Å². The van der Waals surface area contributed by atoms with Gasteiger partial charge in [-0.1, -0.05) is 17.7 Å². The first-order chi connectivity index (χ1) is 14.6. The zero-order valence-corrected chi connectivity index (χ0v) is 18.2. The second-order valence-corrected chi connectivity index (χ2v) is 9.82. The molecule has 0 amide bonds. The predicted octanol–water partition coefficient (Wildman–Crippen LogP) is 4.40. The molecule has 0 unspecified atom stereocenters. The molecule has 31 heavy (non-hydrogen) atoms.